The Morgan fingerprint density at radius 2 is 2.14 bits per heavy atom. The summed E-state index contributed by atoms with van der Waals surface area (Å²) in [6.07, 6.45) is 6.46. The van der Waals surface area contributed by atoms with Crippen LogP contribution in [0.15, 0.2) is 35.4 Å². The minimum absolute atomic E-state index is 0.0175. The molecule has 2 unspecified atom stereocenters. The Bertz CT molecular complexity index is 1070. The predicted molar refractivity (Wildman–Crippen MR) is 110 cm³/mol. The number of aromatic nitrogens is 4. The summed E-state index contributed by atoms with van der Waals surface area (Å²) in [5.74, 6) is 0.799. The van der Waals surface area contributed by atoms with Gasteiger partial charge in [-0.3, -0.25) is 9.78 Å². The second-order valence-electron chi connectivity index (χ2n) is 7.70. The normalized spacial score (nSPS) is 22.9. The third-order valence-corrected chi connectivity index (χ3v) is 5.76. The number of nitrogens with one attached hydrogen (secondary N) is 1. The summed E-state index contributed by atoms with van der Waals surface area (Å²) in [6.45, 7) is 4.87. The van der Waals surface area contributed by atoms with E-state index in [1.165, 1.54) is 0 Å². The van der Waals surface area contributed by atoms with Crippen molar-refractivity contribution in [2.24, 2.45) is 0 Å². The topological polar surface area (TPSA) is 85.3 Å². The van der Waals surface area contributed by atoms with Crippen molar-refractivity contribution in [3.05, 3.63) is 40.8 Å². The molecule has 29 heavy (non-hydrogen) atoms. The summed E-state index contributed by atoms with van der Waals surface area (Å²) in [4.78, 5) is 23.2. The first-order valence-electron chi connectivity index (χ1n) is 10.2. The number of morpholine rings is 1. The molecule has 8 heteroatoms. The second-order valence-corrected chi connectivity index (χ2v) is 7.70. The molecule has 0 amide bonds. The van der Waals surface area contributed by atoms with Crippen LogP contribution in [-0.2, 0) is 9.47 Å². The SMILES string of the molecule is CC1COCCN1c1cc(=O)c2ccnc(-c3ccnn3C3CCCCO3)c2[nH]1. The van der Waals surface area contributed by atoms with Gasteiger partial charge in [-0.05, 0) is 38.3 Å². The lowest BCUT2D eigenvalue weighted by molar-refractivity contribution is -0.0383. The summed E-state index contributed by atoms with van der Waals surface area (Å²) >= 11 is 0. The molecule has 0 radical (unpaired) electrons. The van der Waals surface area contributed by atoms with E-state index in [0.29, 0.717) is 24.3 Å². The Balaban J connectivity index is 1.64. The van der Waals surface area contributed by atoms with Gasteiger partial charge in [0.2, 0.25) is 0 Å². The largest absolute Gasteiger partial charge is 0.377 e. The van der Waals surface area contributed by atoms with E-state index in [-0.39, 0.29) is 17.7 Å². The zero-order valence-electron chi connectivity index (χ0n) is 16.5. The molecule has 0 saturated carbocycles. The van der Waals surface area contributed by atoms with Gasteiger partial charge in [0.05, 0.1) is 30.5 Å². The van der Waals surface area contributed by atoms with E-state index in [9.17, 15) is 4.79 Å². The highest BCUT2D eigenvalue weighted by Gasteiger charge is 2.24. The molecule has 0 aromatic carbocycles. The van der Waals surface area contributed by atoms with E-state index in [1.807, 2.05) is 10.7 Å². The number of ether oxygens (including phenoxy) is 2. The monoisotopic (exact) mass is 395 g/mol. The van der Waals surface area contributed by atoms with Crippen LogP contribution in [0.25, 0.3) is 22.3 Å². The van der Waals surface area contributed by atoms with Crippen molar-refractivity contribution in [3.8, 4) is 11.4 Å². The molecular weight excluding hydrogens is 370 g/mol. The van der Waals surface area contributed by atoms with E-state index >= 15 is 0 Å². The molecule has 2 fully saturated rings. The molecule has 0 aliphatic carbocycles. The molecule has 0 spiro atoms. The van der Waals surface area contributed by atoms with Crippen LogP contribution >= 0.6 is 0 Å². The lowest BCUT2D eigenvalue weighted by Gasteiger charge is -2.34. The molecule has 5 rings (SSSR count). The number of rotatable bonds is 3. The summed E-state index contributed by atoms with van der Waals surface area (Å²) in [5, 5.41) is 5.12. The number of fused-ring (bicyclic) bond motifs is 1. The van der Waals surface area contributed by atoms with Crippen LogP contribution in [0.5, 0.6) is 0 Å². The molecule has 8 nitrogen and oxygen atoms in total. The van der Waals surface area contributed by atoms with Crippen molar-refractivity contribution < 1.29 is 9.47 Å². The third-order valence-electron chi connectivity index (χ3n) is 5.76. The van der Waals surface area contributed by atoms with E-state index in [4.69, 9.17) is 9.47 Å². The van der Waals surface area contributed by atoms with Gasteiger partial charge in [-0.2, -0.15) is 5.10 Å². The number of aromatic amines is 1. The van der Waals surface area contributed by atoms with Gasteiger partial charge in [-0.25, -0.2) is 4.68 Å². The number of pyridine rings is 2. The molecule has 2 aliphatic rings. The fourth-order valence-corrected chi connectivity index (χ4v) is 4.24. The molecule has 5 heterocycles. The standard InChI is InChI=1S/C21H25N5O3/c1-14-13-28-11-9-25(14)18-12-17(27)15-5-7-22-21(20(15)24-18)16-6-8-23-26(16)19-4-2-3-10-29-19/h5-8,12,14,19H,2-4,9-11,13H2,1H3,(H,24,27). The molecule has 2 atom stereocenters. The van der Waals surface area contributed by atoms with Gasteiger partial charge in [0.15, 0.2) is 11.7 Å². The highest BCUT2D eigenvalue weighted by molar-refractivity contribution is 5.91. The van der Waals surface area contributed by atoms with Crippen LogP contribution in [0.4, 0.5) is 5.82 Å². The Morgan fingerprint density at radius 1 is 1.21 bits per heavy atom. The Kier molecular flexibility index (Phi) is 4.81. The van der Waals surface area contributed by atoms with Gasteiger partial charge in [0.25, 0.3) is 0 Å². The average molecular weight is 395 g/mol. The maximum Gasteiger partial charge on any atom is 0.191 e. The van der Waals surface area contributed by atoms with Gasteiger partial charge >= 0.3 is 0 Å². The number of hydrogen-bond acceptors (Lipinski definition) is 6. The zero-order chi connectivity index (χ0) is 19.8. The first kappa shape index (κ1) is 18.3. The maximum absolute atomic E-state index is 12.9. The van der Waals surface area contributed by atoms with E-state index in [0.717, 1.165) is 49.4 Å². The van der Waals surface area contributed by atoms with Gasteiger partial charge < -0.3 is 19.4 Å². The van der Waals surface area contributed by atoms with Gasteiger partial charge in [-0.1, -0.05) is 0 Å². The van der Waals surface area contributed by atoms with Gasteiger partial charge in [0.1, 0.15) is 11.5 Å². The van der Waals surface area contributed by atoms with Crippen molar-refractivity contribution in [1.82, 2.24) is 19.7 Å². The lowest BCUT2D eigenvalue weighted by Crippen LogP contribution is -2.44. The number of H-pyrrole nitrogens is 1. The lowest BCUT2D eigenvalue weighted by atomic mass is 10.1. The number of hydrogen-bond donors (Lipinski definition) is 1. The molecule has 2 aliphatic heterocycles. The fourth-order valence-electron chi connectivity index (χ4n) is 4.24. The Hall–Kier alpha value is -2.71. The minimum atomic E-state index is -0.0972. The van der Waals surface area contributed by atoms with E-state index in [1.54, 1.807) is 24.5 Å². The Morgan fingerprint density at radius 3 is 2.97 bits per heavy atom. The number of nitrogens with zero attached hydrogens (tertiary/aromatic N) is 4. The first-order valence-corrected chi connectivity index (χ1v) is 10.2. The summed E-state index contributed by atoms with van der Waals surface area (Å²) in [6, 6.07) is 5.57. The molecule has 2 saturated heterocycles. The molecular formula is C21H25N5O3. The highest BCUT2D eigenvalue weighted by atomic mass is 16.5. The van der Waals surface area contributed by atoms with E-state index < -0.39 is 0 Å². The second kappa shape index (κ2) is 7.61. The predicted octanol–water partition coefficient (Wildman–Crippen LogP) is 2.71. The summed E-state index contributed by atoms with van der Waals surface area (Å²) in [7, 11) is 0. The van der Waals surface area contributed by atoms with Crippen LogP contribution in [0.2, 0.25) is 0 Å². The highest BCUT2D eigenvalue weighted by Crippen LogP contribution is 2.30. The smallest absolute Gasteiger partial charge is 0.191 e. The van der Waals surface area contributed by atoms with Gasteiger partial charge in [-0.15, -0.1) is 0 Å². The molecule has 0 bridgehead atoms. The number of anilines is 1. The van der Waals surface area contributed by atoms with Crippen molar-refractivity contribution in [2.75, 3.05) is 31.3 Å². The zero-order valence-corrected chi connectivity index (χ0v) is 16.5. The van der Waals surface area contributed by atoms with Crippen molar-refractivity contribution in [2.45, 2.75) is 38.5 Å². The van der Waals surface area contributed by atoms with Crippen LogP contribution in [-0.4, -0.2) is 52.2 Å². The van der Waals surface area contributed by atoms with Crippen LogP contribution in [0.1, 0.15) is 32.4 Å². The summed E-state index contributed by atoms with van der Waals surface area (Å²) < 4.78 is 13.4. The molecule has 3 aromatic rings. The van der Waals surface area contributed by atoms with Crippen LogP contribution in [0.3, 0.4) is 0 Å². The Labute approximate surface area is 168 Å². The maximum atomic E-state index is 12.9. The average Bonchev–Trinajstić information content (AvgIpc) is 3.24. The van der Waals surface area contributed by atoms with E-state index in [2.05, 4.69) is 26.9 Å². The molecule has 152 valence electrons. The summed E-state index contributed by atoms with van der Waals surface area (Å²) in [5.41, 5.74) is 2.28. The molecule has 3 aromatic heterocycles. The first-order chi connectivity index (χ1) is 14.2. The quantitative estimate of drug-likeness (QED) is 0.734. The minimum Gasteiger partial charge on any atom is -0.377 e. The molecule has 1 N–H and O–H groups in total. The van der Waals surface area contributed by atoms with Crippen molar-refractivity contribution in [1.29, 1.82) is 0 Å². The fraction of sp³-hybridized carbons (Fsp3) is 0.476. The van der Waals surface area contributed by atoms with Crippen molar-refractivity contribution >= 4 is 16.7 Å². The van der Waals surface area contributed by atoms with Crippen LogP contribution in [0, 0.1) is 0 Å². The van der Waals surface area contributed by atoms with Crippen LogP contribution < -0.4 is 10.3 Å². The third kappa shape index (κ3) is 3.32. The van der Waals surface area contributed by atoms with Crippen molar-refractivity contribution in [3.63, 3.8) is 0 Å². The van der Waals surface area contributed by atoms with Gasteiger partial charge in [0, 0.05) is 37.0 Å².